The highest BCUT2D eigenvalue weighted by atomic mass is 79.9. The lowest BCUT2D eigenvalue weighted by molar-refractivity contribution is -0.142. The van der Waals surface area contributed by atoms with Crippen molar-refractivity contribution in [2.24, 2.45) is 0 Å². The number of carbonyl (C=O) groups excluding carboxylic acids is 1. The van der Waals surface area contributed by atoms with E-state index in [9.17, 15) is 4.79 Å². The van der Waals surface area contributed by atoms with Crippen molar-refractivity contribution in [2.75, 3.05) is 13.2 Å². The lowest BCUT2D eigenvalue weighted by Crippen LogP contribution is -2.20. The molecule has 1 aromatic carbocycles. The predicted octanol–water partition coefficient (Wildman–Crippen LogP) is 4.44. The van der Waals surface area contributed by atoms with Crippen molar-refractivity contribution in [1.29, 1.82) is 0 Å². The molecule has 0 amide bonds. The Bertz CT molecular complexity index is 491. The maximum Gasteiger partial charge on any atom is 0.330 e. The third-order valence-corrected chi connectivity index (χ3v) is 5.48. The van der Waals surface area contributed by atoms with Crippen LogP contribution in [0.5, 0.6) is 5.75 Å². The molecule has 1 unspecified atom stereocenters. The van der Waals surface area contributed by atoms with Gasteiger partial charge in [-0.25, -0.2) is 4.79 Å². The molecule has 1 rings (SSSR count). The number of benzene rings is 1. The van der Waals surface area contributed by atoms with Crippen molar-refractivity contribution in [3.05, 3.63) is 38.2 Å². The predicted molar refractivity (Wildman–Crippen MR) is 86.7 cm³/mol. The summed E-state index contributed by atoms with van der Waals surface area (Å²) in [5, 5.41) is 0. The topological polar surface area (TPSA) is 44.8 Å². The van der Waals surface area contributed by atoms with Crippen LogP contribution in [0, 0.1) is 0 Å². The van der Waals surface area contributed by atoms with Crippen LogP contribution in [0.3, 0.4) is 0 Å². The highest BCUT2D eigenvalue weighted by molar-refractivity contribution is 9.14. The largest absolute Gasteiger partial charge is 0.464 e. The van der Waals surface area contributed by atoms with Gasteiger partial charge in [-0.1, -0.05) is 6.58 Å². The number of rotatable bonds is 7. The maximum absolute atomic E-state index is 10.8. The van der Waals surface area contributed by atoms with Crippen molar-refractivity contribution in [2.45, 2.75) is 13.2 Å². The van der Waals surface area contributed by atoms with Crippen LogP contribution in [0.15, 0.2) is 38.2 Å². The molecule has 0 saturated heterocycles. The minimum Gasteiger partial charge on any atom is -0.464 e. The van der Waals surface area contributed by atoms with Crippen molar-refractivity contribution >= 4 is 53.8 Å². The molecule has 0 saturated carbocycles. The summed E-state index contributed by atoms with van der Waals surface area (Å²) in [5.74, 6) is 0.178. The molecule has 1 atom stereocenters. The summed E-state index contributed by atoms with van der Waals surface area (Å²) in [6.07, 6.45) is 0.637. The summed E-state index contributed by atoms with van der Waals surface area (Å²) in [5.41, 5.74) is 0. The summed E-state index contributed by atoms with van der Waals surface area (Å²) >= 11 is 10.3. The van der Waals surface area contributed by atoms with Crippen LogP contribution in [-0.4, -0.2) is 25.5 Å². The van der Waals surface area contributed by atoms with Gasteiger partial charge in [0.15, 0.2) is 6.29 Å². The first kappa shape index (κ1) is 17.7. The van der Waals surface area contributed by atoms with E-state index in [-0.39, 0.29) is 13.2 Å². The van der Waals surface area contributed by atoms with Gasteiger partial charge in [0.05, 0.1) is 11.1 Å². The van der Waals surface area contributed by atoms with E-state index in [0.29, 0.717) is 5.75 Å². The van der Waals surface area contributed by atoms with Gasteiger partial charge in [-0.15, -0.1) is 0 Å². The maximum atomic E-state index is 10.8. The van der Waals surface area contributed by atoms with Crippen LogP contribution in [0.1, 0.15) is 6.92 Å². The molecule has 0 aliphatic heterocycles. The number of halogens is 3. The number of hydrogen-bond donors (Lipinski definition) is 0. The molecular weight excluding hydrogens is 460 g/mol. The van der Waals surface area contributed by atoms with Crippen molar-refractivity contribution < 1.29 is 19.0 Å². The first-order valence-electron chi connectivity index (χ1n) is 5.66. The van der Waals surface area contributed by atoms with E-state index in [1.807, 2.05) is 12.1 Å². The molecule has 0 N–H and O–H groups in total. The van der Waals surface area contributed by atoms with E-state index in [4.69, 9.17) is 14.2 Å². The first-order valence-corrected chi connectivity index (χ1v) is 8.04. The molecule has 7 heteroatoms. The van der Waals surface area contributed by atoms with Gasteiger partial charge in [0, 0.05) is 15.0 Å². The summed E-state index contributed by atoms with van der Waals surface area (Å²) in [6, 6.07) is 3.68. The monoisotopic (exact) mass is 470 g/mol. The Kier molecular flexibility index (Phi) is 7.79. The Morgan fingerprint density at radius 3 is 2.65 bits per heavy atom. The molecule has 0 aliphatic carbocycles. The molecule has 20 heavy (non-hydrogen) atoms. The molecule has 0 heterocycles. The lowest BCUT2D eigenvalue weighted by atomic mass is 10.3. The molecule has 0 bridgehead atoms. The van der Waals surface area contributed by atoms with Crippen LogP contribution >= 0.6 is 47.8 Å². The highest BCUT2D eigenvalue weighted by Gasteiger charge is 2.12. The van der Waals surface area contributed by atoms with Gasteiger partial charge in [0.2, 0.25) is 0 Å². The number of carbonyl (C=O) groups is 1. The molecule has 110 valence electrons. The molecular formula is C13H13Br3O4. The van der Waals surface area contributed by atoms with Crippen LogP contribution in [-0.2, 0) is 14.3 Å². The Balaban J connectivity index is 2.43. The molecule has 4 nitrogen and oxygen atoms in total. The lowest BCUT2D eigenvalue weighted by Gasteiger charge is -2.17. The molecule has 0 radical (unpaired) electrons. The molecule has 1 aromatic rings. The van der Waals surface area contributed by atoms with Gasteiger partial charge in [-0.05, 0) is 66.8 Å². The molecule has 0 spiro atoms. The fourth-order valence-electron chi connectivity index (χ4n) is 1.23. The van der Waals surface area contributed by atoms with Gasteiger partial charge >= 0.3 is 5.97 Å². The van der Waals surface area contributed by atoms with Crippen LogP contribution in [0.4, 0.5) is 0 Å². The van der Waals surface area contributed by atoms with E-state index in [1.54, 1.807) is 6.92 Å². The van der Waals surface area contributed by atoms with Gasteiger partial charge in [0.1, 0.15) is 12.4 Å². The van der Waals surface area contributed by atoms with Gasteiger partial charge in [0.25, 0.3) is 0 Å². The van der Waals surface area contributed by atoms with E-state index in [1.165, 1.54) is 0 Å². The summed E-state index contributed by atoms with van der Waals surface area (Å²) < 4.78 is 18.4. The second-order valence-corrected chi connectivity index (χ2v) is 6.04. The zero-order valence-corrected chi connectivity index (χ0v) is 15.5. The first-order chi connectivity index (χ1) is 9.45. The Labute approximate surface area is 142 Å². The molecule has 0 aliphatic rings. The van der Waals surface area contributed by atoms with Crippen molar-refractivity contribution in [3.8, 4) is 5.75 Å². The van der Waals surface area contributed by atoms with Gasteiger partial charge in [-0.3, -0.25) is 0 Å². The summed E-state index contributed by atoms with van der Waals surface area (Å²) in [7, 11) is 0. The average Bonchev–Trinajstić information content (AvgIpc) is 2.44. The minimum atomic E-state index is -0.471. The van der Waals surface area contributed by atoms with E-state index in [2.05, 4.69) is 54.4 Å². The average molecular weight is 473 g/mol. The summed E-state index contributed by atoms with van der Waals surface area (Å²) in [6.45, 7) is 5.47. The van der Waals surface area contributed by atoms with Crippen LogP contribution < -0.4 is 4.74 Å². The second kappa shape index (κ2) is 8.81. The fourth-order valence-corrected chi connectivity index (χ4v) is 2.59. The van der Waals surface area contributed by atoms with Crippen molar-refractivity contribution in [1.82, 2.24) is 0 Å². The number of esters is 1. The third-order valence-electron chi connectivity index (χ3n) is 2.14. The standard InChI is InChI=1S/C13H13Br3O4/c1-3-11(17)19-7-6-18-8(2)20-10-5-4-9(14)12(15)13(10)16/h3-5,8H,1,6-7H2,2H3. The SMILES string of the molecule is C=CC(=O)OCCOC(C)Oc1ccc(Br)c(Br)c1Br. The van der Waals surface area contributed by atoms with E-state index in [0.717, 1.165) is 19.5 Å². The molecule has 0 fully saturated rings. The Morgan fingerprint density at radius 2 is 2.00 bits per heavy atom. The van der Waals surface area contributed by atoms with Crippen LogP contribution in [0.2, 0.25) is 0 Å². The Hall–Kier alpha value is -0.370. The minimum absolute atomic E-state index is 0.157. The quantitative estimate of drug-likeness (QED) is 0.193. The summed E-state index contributed by atoms with van der Waals surface area (Å²) in [4.78, 5) is 10.8. The normalized spacial score (nSPS) is 11.8. The zero-order valence-electron chi connectivity index (χ0n) is 10.7. The Morgan fingerprint density at radius 1 is 1.30 bits per heavy atom. The van der Waals surface area contributed by atoms with Gasteiger partial charge in [-0.2, -0.15) is 0 Å². The van der Waals surface area contributed by atoms with Crippen molar-refractivity contribution in [3.63, 3.8) is 0 Å². The highest BCUT2D eigenvalue weighted by Crippen LogP contribution is 2.38. The van der Waals surface area contributed by atoms with E-state index >= 15 is 0 Å². The van der Waals surface area contributed by atoms with E-state index < -0.39 is 12.3 Å². The zero-order chi connectivity index (χ0) is 15.1. The fraction of sp³-hybridized carbons (Fsp3) is 0.308. The smallest absolute Gasteiger partial charge is 0.330 e. The number of ether oxygens (including phenoxy) is 3. The van der Waals surface area contributed by atoms with Gasteiger partial charge < -0.3 is 14.2 Å². The molecule has 0 aromatic heterocycles. The number of hydrogen-bond acceptors (Lipinski definition) is 4. The van der Waals surface area contributed by atoms with Crippen LogP contribution in [0.25, 0.3) is 0 Å². The second-order valence-electron chi connectivity index (χ2n) is 3.60. The third kappa shape index (κ3) is 5.55.